The van der Waals surface area contributed by atoms with Crippen LogP contribution in [0.4, 0.5) is 0 Å². The number of benzene rings is 7. The fourth-order valence-electron chi connectivity index (χ4n) is 8.12. The predicted octanol–water partition coefficient (Wildman–Crippen LogP) is 13.8. The molecule has 1 aliphatic carbocycles. The van der Waals surface area contributed by atoms with Crippen LogP contribution in [0.3, 0.4) is 0 Å². The van der Waals surface area contributed by atoms with E-state index in [1.165, 1.54) is 63.8 Å². The van der Waals surface area contributed by atoms with Crippen LogP contribution in [0, 0.1) is 26.0 Å². The second kappa shape index (κ2) is 14.3. The van der Waals surface area contributed by atoms with Crippen molar-refractivity contribution in [1.82, 2.24) is 15.0 Å². The van der Waals surface area contributed by atoms with Gasteiger partial charge in [-0.15, -0.1) is 53.1 Å². The molecule has 0 N–H and O–H groups in total. The zero-order valence-corrected chi connectivity index (χ0v) is 35.3. The van der Waals surface area contributed by atoms with Crippen LogP contribution in [0.2, 0.25) is 0 Å². The third-order valence-electron chi connectivity index (χ3n) is 10.9. The second-order valence-electron chi connectivity index (χ2n) is 14.7. The smallest absolute Gasteiger partial charge is 0.0763 e. The first-order valence-electron chi connectivity index (χ1n) is 18.5. The number of fused-ring (bicyclic) bond motifs is 8. The van der Waals surface area contributed by atoms with Gasteiger partial charge in [0.15, 0.2) is 0 Å². The minimum absolute atomic E-state index is 0. The minimum Gasteiger partial charge on any atom is -0.285 e. The van der Waals surface area contributed by atoms with E-state index in [4.69, 9.17) is 15.0 Å². The van der Waals surface area contributed by atoms with Gasteiger partial charge in [0, 0.05) is 45.5 Å². The van der Waals surface area contributed by atoms with Gasteiger partial charge < -0.3 is 0 Å². The predicted molar refractivity (Wildman–Crippen MR) is 233 cm³/mol. The summed E-state index contributed by atoms with van der Waals surface area (Å²) in [5.74, 6) is 0.723. The van der Waals surface area contributed by atoms with E-state index < -0.39 is 0 Å². The first kappa shape index (κ1) is 36.3. The molecule has 0 spiro atoms. The molecule has 10 aromatic rings. The molecule has 7 aromatic carbocycles. The molecule has 0 bridgehead atoms. The van der Waals surface area contributed by atoms with E-state index in [1.807, 2.05) is 23.5 Å². The van der Waals surface area contributed by atoms with Gasteiger partial charge >= 0.3 is 0 Å². The van der Waals surface area contributed by atoms with Crippen LogP contribution in [0.15, 0.2) is 140 Å². The number of thiophene rings is 1. The Morgan fingerprint density at radius 1 is 0.518 bits per heavy atom. The average Bonchev–Trinajstić information content (AvgIpc) is 3.88. The molecule has 3 nitrogen and oxygen atoms in total. The molecule has 0 unspecified atom stereocenters. The van der Waals surface area contributed by atoms with Crippen molar-refractivity contribution in [2.24, 2.45) is 0 Å². The van der Waals surface area contributed by atoms with E-state index in [9.17, 15) is 0 Å². The topological polar surface area (TPSA) is 38.7 Å². The van der Waals surface area contributed by atoms with Gasteiger partial charge in [0.25, 0.3) is 0 Å². The summed E-state index contributed by atoms with van der Waals surface area (Å²) in [6.45, 7) is 8.90. The fraction of sp³-hybridized carbons (Fsp3) is 0.100. The molecular formula is C50H35IrN3S2-2. The van der Waals surface area contributed by atoms with Gasteiger partial charge in [-0.05, 0) is 70.3 Å². The fourth-order valence-corrected chi connectivity index (χ4v) is 10.2. The van der Waals surface area contributed by atoms with Gasteiger partial charge in [0.05, 0.1) is 22.6 Å². The summed E-state index contributed by atoms with van der Waals surface area (Å²) >= 11 is 3.56. The Morgan fingerprint density at radius 2 is 1.20 bits per heavy atom. The van der Waals surface area contributed by atoms with Crippen LogP contribution >= 0.6 is 22.7 Å². The maximum atomic E-state index is 5.14. The number of rotatable bonds is 3. The van der Waals surface area contributed by atoms with Crippen molar-refractivity contribution >= 4 is 64.0 Å². The van der Waals surface area contributed by atoms with E-state index >= 15 is 0 Å². The van der Waals surface area contributed by atoms with Crippen LogP contribution in [-0.2, 0) is 25.5 Å². The van der Waals surface area contributed by atoms with Gasteiger partial charge in [0.1, 0.15) is 0 Å². The molecule has 1 radical (unpaired) electrons. The zero-order valence-electron chi connectivity index (χ0n) is 31.3. The van der Waals surface area contributed by atoms with Crippen molar-refractivity contribution in [1.29, 1.82) is 0 Å². The van der Waals surface area contributed by atoms with E-state index in [0.717, 1.165) is 44.1 Å². The van der Waals surface area contributed by atoms with Crippen molar-refractivity contribution in [3.63, 3.8) is 0 Å². The summed E-state index contributed by atoms with van der Waals surface area (Å²) in [5, 5.41) is 4.72. The SMILES string of the molecule is Cc1cccc(C)c1-c1nc(-c2[c-]cc3c(c2)C(C)(C)c2ccccc2-3)nc2ccccc12.[Ir].[c-]1cc2c(cc1-c1nc3ccccc3s1)sc1ccccc12. The molecule has 56 heavy (non-hydrogen) atoms. The average molecular weight is 934 g/mol. The van der Waals surface area contributed by atoms with Gasteiger partial charge in [-0.2, -0.15) is 22.7 Å². The van der Waals surface area contributed by atoms with Gasteiger partial charge in [-0.25, -0.2) is 0 Å². The Balaban J connectivity index is 0.000000155. The van der Waals surface area contributed by atoms with Crippen molar-refractivity contribution in [3.05, 3.63) is 174 Å². The molecule has 0 saturated carbocycles. The molecule has 0 atom stereocenters. The number of para-hydroxylation sites is 2. The Kier molecular flexibility index (Phi) is 9.26. The number of aromatic nitrogens is 3. The number of nitrogens with zero attached hydrogens (tertiary/aromatic N) is 3. The van der Waals surface area contributed by atoms with E-state index in [2.05, 4.69) is 167 Å². The van der Waals surface area contributed by atoms with Crippen LogP contribution in [0.25, 0.3) is 85.6 Å². The second-order valence-corrected chi connectivity index (χ2v) is 16.8. The maximum absolute atomic E-state index is 5.14. The van der Waals surface area contributed by atoms with E-state index in [-0.39, 0.29) is 25.5 Å². The third kappa shape index (κ3) is 6.09. The first-order chi connectivity index (χ1) is 26.8. The van der Waals surface area contributed by atoms with Crippen molar-refractivity contribution in [2.45, 2.75) is 33.1 Å². The summed E-state index contributed by atoms with van der Waals surface area (Å²) < 4.78 is 3.85. The molecule has 0 fully saturated rings. The Bertz CT molecular complexity index is 3070. The molecular weight excluding hydrogens is 899 g/mol. The Labute approximate surface area is 348 Å². The number of hydrogen-bond donors (Lipinski definition) is 0. The van der Waals surface area contributed by atoms with Crippen LogP contribution in [-0.4, -0.2) is 15.0 Å². The van der Waals surface area contributed by atoms with E-state index in [1.54, 1.807) is 11.3 Å². The minimum atomic E-state index is -0.0674. The Morgan fingerprint density at radius 3 is 2.00 bits per heavy atom. The van der Waals surface area contributed by atoms with Crippen LogP contribution in [0.5, 0.6) is 0 Å². The summed E-state index contributed by atoms with van der Waals surface area (Å²) in [6.07, 6.45) is 0. The third-order valence-corrected chi connectivity index (χ3v) is 13.1. The molecule has 0 amide bonds. The summed E-state index contributed by atoms with van der Waals surface area (Å²) in [7, 11) is 0. The molecule has 11 rings (SSSR count). The molecule has 273 valence electrons. The van der Waals surface area contributed by atoms with Crippen molar-refractivity contribution < 1.29 is 20.1 Å². The standard InChI is InChI=1S/C31H25N2.C19H10NS2.Ir/c1-19-10-9-11-20(2)28(19)29-24-13-6-8-15-27(24)32-30(33-29)21-16-17-23-22-12-5-7-14-25(22)31(3,4)26(23)18-21;1-3-7-16-13(5-1)14-10-9-12(11-18(14)21-16)19-20-15-6-2-4-8-17(15)22-19;/h5-15,17-18H,1-4H3;1-8,10-11H;/q2*-1;. The van der Waals surface area contributed by atoms with Crippen LogP contribution in [0.1, 0.15) is 36.1 Å². The summed E-state index contributed by atoms with van der Waals surface area (Å²) in [4.78, 5) is 14.8. The normalized spacial score (nSPS) is 12.6. The van der Waals surface area contributed by atoms with Gasteiger partial charge in [-0.1, -0.05) is 121 Å². The monoisotopic (exact) mass is 934 g/mol. The molecule has 3 aromatic heterocycles. The summed E-state index contributed by atoms with van der Waals surface area (Å²) in [6, 6.07) is 55.8. The molecule has 0 saturated heterocycles. The molecule has 1 aliphatic rings. The van der Waals surface area contributed by atoms with Crippen LogP contribution < -0.4 is 0 Å². The van der Waals surface area contributed by atoms with Crippen molar-refractivity contribution in [2.75, 3.05) is 0 Å². The zero-order chi connectivity index (χ0) is 37.3. The van der Waals surface area contributed by atoms with Gasteiger partial charge in [0.2, 0.25) is 0 Å². The Hall–Kier alpha value is -5.36. The number of hydrogen-bond acceptors (Lipinski definition) is 5. The molecule has 6 heteroatoms. The number of aryl methyl sites for hydroxylation is 2. The van der Waals surface area contributed by atoms with E-state index in [0.29, 0.717) is 0 Å². The largest absolute Gasteiger partial charge is 0.285 e. The molecule has 3 heterocycles. The summed E-state index contributed by atoms with van der Waals surface area (Å²) in [5.41, 5.74) is 13.8. The molecule has 0 aliphatic heterocycles. The first-order valence-corrected chi connectivity index (χ1v) is 20.2. The van der Waals surface area contributed by atoms with Gasteiger partial charge in [-0.3, -0.25) is 15.0 Å². The number of thiazole rings is 1. The maximum Gasteiger partial charge on any atom is 0.0763 e. The van der Waals surface area contributed by atoms with Crippen molar-refractivity contribution in [3.8, 4) is 44.3 Å². The quantitative estimate of drug-likeness (QED) is 0.166.